The highest BCUT2D eigenvalue weighted by Crippen LogP contribution is 2.32. The number of fused-ring (bicyclic) bond motifs is 3. The minimum atomic E-state index is -4.38. The summed E-state index contributed by atoms with van der Waals surface area (Å²) >= 11 is 1.61. The Kier molecular flexibility index (Phi) is 5.87. The fourth-order valence-electron chi connectivity index (χ4n) is 4.52. The number of hydrogen-bond donors (Lipinski definition) is 0. The number of halogens is 3. The second kappa shape index (κ2) is 8.69. The van der Waals surface area contributed by atoms with E-state index < -0.39 is 11.7 Å². The summed E-state index contributed by atoms with van der Waals surface area (Å²) in [6.45, 7) is 5.60. The summed E-state index contributed by atoms with van der Waals surface area (Å²) in [6.07, 6.45) is -0.655. The van der Waals surface area contributed by atoms with E-state index in [9.17, 15) is 18.0 Å². The summed E-state index contributed by atoms with van der Waals surface area (Å²) in [5.74, 6) is 0.350. The first-order chi connectivity index (χ1) is 15.8. The molecular formula is C22H25F3N6OS. The summed E-state index contributed by atoms with van der Waals surface area (Å²) in [4.78, 5) is 30.2. The molecule has 0 aromatic carbocycles. The molecule has 0 atom stereocenters. The van der Waals surface area contributed by atoms with E-state index in [4.69, 9.17) is 0 Å². The third-order valence-corrected chi connectivity index (χ3v) is 7.57. The number of hydrogen-bond acceptors (Lipinski definition) is 7. The zero-order chi connectivity index (χ0) is 23.2. The minimum Gasteiger partial charge on any atom is -0.354 e. The lowest BCUT2D eigenvalue weighted by molar-refractivity contribution is -0.137. The normalized spacial score (nSPS) is 18.1. The Hall–Kier alpha value is -2.50. The molecule has 33 heavy (non-hydrogen) atoms. The van der Waals surface area contributed by atoms with Crippen molar-refractivity contribution in [1.82, 2.24) is 24.3 Å². The molecule has 3 aromatic rings. The Morgan fingerprint density at radius 1 is 1.09 bits per heavy atom. The predicted octanol–water partition coefficient (Wildman–Crippen LogP) is 2.68. The highest BCUT2D eigenvalue weighted by Gasteiger charge is 2.31. The largest absolute Gasteiger partial charge is 0.416 e. The molecule has 0 amide bonds. The molecule has 2 aliphatic heterocycles. The van der Waals surface area contributed by atoms with Crippen molar-refractivity contribution in [3.05, 3.63) is 51.0 Å². The number of anilines is 1. The van der Waals surface area contributed by atoms with Crippen LogP contribution >= 0.6 is 11.3 Å². The fourth-order valence-corrected chi connectivity index (χ4v) is 5.78. The van der Waals surface area contributed by atoms with Crippen molar-refractivity contribution in [3.63, 3.8) is 0 Å². The van der Waals surface area contributed by atoms with Gasteiger partial charge in [-0.3, -0.25) is 14.3 Å². The van der Waals surface area contributed by atoms with E-state index in [0.29, 0.717) is 45.1 Å². The van der Waals surface area contributed by atoms with Crippen molar-refractivity contribution in [1.29, 1.82) is 0 Å². The SMILES string of the molecule is CN1CCc2c(sc3ncn(CCN4CCN(c5cc(C(F)(F)F)ccn5)CC4)c(=O)c23)C1. The van der Waals surface area contributed by atoms with Gasteiger partial charge in [-0.25, -0.2) is 9.97 Å². The van der Waals surface area contributed by atoms with Crippen LogP contribution in [0.25, 0.3) is 10.2 Å². The maximum absolute atomic E-state index is 13.2. The van der Waals surface area contributed by atoms with Gasteiger partial charge in [0.25, 0.3) is 5.56 Å². The second-order valence-electron chi connectivity index (χ2n) is 8.64. The summed E-state index contributed by atoms with van der Waals surface area (Å²) in [7, 11) is 2.09. The predicted molar refractivity (Wildman–Crippen MR) is 122 cm³/mol. The van der Waals surface area contributed by atoms with Crippen LogP contribution in [0.5, 0.6) is 0 Å². The Bertz CT molecular complexity index is 1220. The average Bonchev–Trinajstić information content (AvgIpc) is 3.17. The fraction of sp³-hybridized carbons (Fsp3) is 0.500. The lowest BCUT2D eigenvalue weighted by atomic mass is 10.1. The van der Waals surface area contributed by atoms with Gasteiger partial charge in [0.1, 0.15) is 10.6 Å². The molecule has 1 fully saturated rings. The molecule has 0 aliphatic carbocycles. The molecule has 11 heteroatoms. The van der Waals surface area contributed by atoms with E-state index >= 15 is 0 Å². The van der Waals surface area contributed by atoms with E-state index in [2.05, 4.69) is 26.8 Å². The molecule has 0 spiro atoms. The van der Waals surface area contributed by atoms with Crippen LogP contribution in [0.2, 0.25) is 0 Å². The van der Waals surface area contributed by atoms with Crippen LogP contribution in [0.1, 0.15) is 16.0 Å². The van der Waals surface area contributed by atoms with Crippen LogP contribution < -0.4 is 10.5 Å². The van der Waals surface area contributed by atoms with Crippen LogP contribution in [-0.4, -0.2) is 70.7 Å². The summed E-state index contributed by atoms with van der Waals surface area (Å²) in [5.41, 5.74) is 0.496. The van der Waals surface area contributed by atoms with E-state index in [1.165, 1.54) is 11.1 Å². The first kappa shape index (κ1) is 22.3. The molecule has 7 nitrogen and oxygen atoms in total. The van der Waals surface area contributed by atoms with Crippen molar-refractivity contribution in [2.75, 3.05) is 51.2 Å². The lowest BCUT2D eigenvalue weighted by Gasteiger charge is -2.35. The van der Waals surface area contributed by atoms with Gasteiger partial charge >= 0.3 is 6.18 Å². The standard InChI is InChI=1S/C22H25F3N6OS/c1-28-5-3-16-17(13-28)33-20-19(16)21(32)31(14-27-20)11-8-29-6-9-30(10-7-29)18-12-15(2-4-26-18)22(23,24)25/h2,4,12,14H,3,5-11,13H2,1H3. The zero-order valence-corrected chi connectivity index (χ0v) is 19.1. The van der Waals surface area contributed by atoms with Gasteiger partial charge < -0.3 is 9.80 Å². The topological polar surface area (TPSA) is 57.5 Å². The number of pyridine rings is 1. The number of nitrogens with zero attached hydrogens (tertiary/aromatic N) is 6. The van der Waals surface area contributed by atoms with Gasteiger partial charge in [-0.05, 0) is 31.2 Å². The molecule has 5 rings (SSSR count). The smallest absolute Gasteiger partial charge is 0.354 e. The van der Waals surface area contributed by atoms with Gasteiger partial charge in [-0.2, -0.15) is 13.2 Å². The van der Waals surface area contributed by atoms with Crippen LogP contribution in [0.4, 0.5) is 19.0 Å². The van der Waals surface area contributed by atoms with Crippen LogP contribution in [0.3, 0.4) is 0 Å². The Morgan fingerprint density at radius 2 is 1.88 bits per heavy atom. The zero-order valence-electron chi connectivity index (χ0n) is 18.3. The maximum atomic E-state index is 13.2. The maximum Gasteiger partial charge on any atom is 0.416 e. The number of piperazine rings is 1. The molecule has 1 saturated heterocycles. The summed E-state index contributed by atoms with van der Waals surface area (Å²) in [5, 5.41) is 0.769. The monoisotopic (exact) mass is 478 g/mol. The average molecular weight is 479 g/mol. The Balaban J connectivity index is 1.23. The Morgan fingerprint density at radius 3 is 2.64 bits per heavy atom. The highest BCUT2D eigenvalue weighted by molar-refractivity contribution is 7.18. The third kappa shape index (κ3) is 4.49. The number of alkyl halides is 3. The number of thiophene rings is 1. The van der Waals surface area contributed by atoms with Gasteiger partial charge in [0.05, 0.1) is 17.3 Å². The quantitative estimate of drug-likeness (QED) is 0.575. The molecule has 5 heterocycles. The summed E-state index contributed by atoms with van der Waals surface area (Å²) < 4.78 is 40.7. The summed E-state index contributed by atoms with van der Waals surface area (Å²) in [6, 6.07) is 2.10. The molecule has 3 aromatic heterocycles. The molecule has 0 radical (unpaired) electrons. The van der Waals surface area contributed by atoms with E-state index in [1.54, 1.807) is 22.2 Å². The molecule has 0 saturated carbocycles. The van der Waals surface area contributed by atoms with Crippen molar-refractivity contribution >= 4 is 27.4 Å². The van der Waals surface area contributed by atoms with Crippen LogP contribution in [0, 0.1) is 0 Å². The molecule has 0 N–H and O–H groups in total. The molecular weight excluding hydrogens is 453 g/mol. The lowest BCUT2D eigenvalue weighted by Crippen LogP contribution is -2.47. The van der Waals surface area contributed by atoms with E-state index in [1.807, 2.05) is 4.90 Å². The molecule has 0 unspecified atom stereocenters. The Labute approximate surface area is 193 Å². The molecule has 176 valence electrons. The number of rotatable bonds is 4. The minimum absolute atomic E-state index is 0.0221. The molecule has 2 aliphatic rings. The van der Waals surface area contributed by atoms with Gasteiger partial charge in [-0.1, -0.05) is 0 Å². The van der Waals surface area contributed by atoms with Crippen molar-refractivity contribution in [2.45, 2.75) is 25.7 Å². The van der Waals surface area contributed by atoms with Gasteiger partial charge in [0, 0.05) is 63.4 Å². The van der Waals surface area contributed by atoms with Crippen molar-refractivity contribution in [2.24, 2.45) is 0 Å². The number of likely N-dealkylation sites (N-methyl/N-ethyl adjacent to an activating group) is 1. The van der Waals surface area contributed by atoms with Crippen LogP contribution in [0.15, 0.2) is 29.5 Å². The van der Waals surface area contributed by atoms with Crippen molar-refractivity contribution in [3.8, 4) is 0 Å². The van der Waals surface area contributed by atoms with Gasteiger partial charge in [-0.15, -0.1) is 11.3 Å². The molecule has 0 bridgehead atoms. The first-order valence-electron chi connectivity index (χ1n) is 11.0. The van der Waals surface area contributed by atoms with Crippen LogP contribution in [-0.2, 0) is 25.7 Å². The van der Waals surface area contributed by atoms with E-state index in [0.717, 1.165) is 47.4 Å². The van der Waals surface area contributed by atoms with Gasteiger partial charge in [0.15, 0.2) is 0 Å². The second-order valence-corrected chi connectivity index (χ2v) is 9.73. The van der Waals surface area contributed by atoms with Crippen molar-refractivity contribution < 1.29 is 13.2 Å². The van der Waals surface area contributed by atoms with E-state index in [-0.39, 0.29) is 5.56 Å². The van der Waals surface area contributed by atoms with Gasteiger partial charge in [0.2, 0.25) is 0 Å². The highest BCUT2D eigenvalue weighted by atomic mass is 32.1. The third-order valence-electron chi connectivity index (χ3n) is 6.44. The number of aromatic nitrogens is 3. The first-order valence-corrected chi connectivity index (χ1v) is 11.8.